The van der Waals surface area contributed by atoms with E-state index in [1.54, 1.807) is 0 Å². The molecular formula is C22H42Na2O4. The molecule has 0 aliphatic heterocycles. The van der Waals surface area contributed by atoms with Crippen molar-refractivity contribution in [2.75, 3.05) is 0 Å². The van der Waals surface area contributed by atoms with Crippen molar-refractivity contribution in [2.45, 2.75) is 116 Å². The molecule has 0 heterocycles. The summed E-state index contributed by atoms with van der Waals surface area (Å²) in [7, 11) is 0. The number of aliphatic carboxylic acids is 1. The zero-order valence-corrected chi connectivity index (χ0v) is 16.8. The Hall–Kier alpha value is 0.680. The van der Waals surface area contributed by atoms with Crippen LogP contribution in [0.25, 0.3) is 0 Å². The van der Waals surface area contributed by atoms with E-state index in [1.807, 2.05) is 6.08 Å². The van der Waals surface area contributed by atoms with E-state index in [0.717, 1.165) is 12.8 Å². The first-order chi connectivity index (χ1) is 12.7. The van der Waals surface area contributed by atoms with Crippen LogP contribution in [0.1, 0.15) is 116 Å². The second-order valence-corrected chi connectivity index (χ2v) is 7.14. The monoisotopic (exact) mass is 416 g/mol. The Morgan fingerprint density at radius 2 is 1.14 bits per heavy atom. The van der Waals surface area contributed by atoms with Crippen LogP contribution in [0.2, 0.25) is 0 Å². The number of carboxylic acids is 1. The van der Waals surface area contributed by atoms with Gasteiger partial charge in [-0.25, -0.2) is 0 Å². The van der Waals surface area contributed by atoms with Gasteiger partial charge < -0.3 is 9.84 Å². The predicted octanol–water partition coefficient (Wildman–Crippen LogP) is 5.48. The molecule has 0 fully saturated rings. The zero-order valence-electron chi connectivity index (χ0n) is 16.8. The van der Waals surface area contributed by atoms with Gasteiger partial charge in [0.1, 0.15) is 0 Å². The van der Waals surface area contributed by atoms with Crippen LogP contribution in [-0.4, -0.2) is 76.2 Å². The van der Waals surface area contributed by atoms with Crippen LogP contribution >= 0.6 is 0 Å². The van der Waals surface area contributed by atoms with E-state index in [4.69, 9.17) is 9.84 Å². The number of rotatable bonds is 19. The average Bonchev–Trinajstić information content (AvgIpc) is 2.62. The van der Waals surface area contributed by atoms with Crippen molar-refractivity contribution in [2.24, 2.45) is 0 Å². The molecule has 0 aromatic rings. The molecule has 1 N–H and O–H groups in total. The topological polar surface area (TPSA) is 63.6 Å². The van der Waals surface area contributed by atoms with Gasteiger partial charge in [-0.05, 0) is 18.9 Å². The predicted molar refractivity (Wildman–Crippen MR) is 121 cm³/mol. The molecule has 0 amide bonds. The Morgan fingerprint density at radius 1 is 0.714 bits per heavy atom. The fraction of sp³-hybridized carbons (Fsp3) is 0.818. The Morgan fingerprint density at radius 3 is 1.57 bits per heavy atom. The van der Waals surface area contributed by atoms with Gasteiger partial charge in [-0.15, -0.1) is 0 Å². The molecule has 28 heavy (non-hydrogen) atoms. The quantitative estimate of drug-likeness (QED) is 0.131. The van der Waals surface area contributed by atoms with Crippen molar-refractivity contribution in [3.05, 3.63) is 12.3 Å². The number of unbranched alkanes of at least 4 members (excludes halogenated alkanes) is 14. The molecule has 4 nitrogen and oxygen atoms in total. The summed E-state index contributed by atoms with van der Waals surface area (Å²) in [5.41, 5.74) is 0. The van der Waals surface area contributed by atoms with Crippen LogP contribution in [0.5, 0.6) is 0 Å². The second-order valence-electron chi connectivity index (χ2n) is 7.14. The number of hydrogen-bond acceptors (Lipinski definition) is 3. The second kappa shape index (κ2) is 27.7. The van der Waals surface area contributed by atoms with E-state index in [2.05, 4.69) is 6.92 Å². The Bertz CT molecular complexity index is 374. The molecule has 0 saturated heterocycles. The van der Waals surface area contributed by atoms with Crippen LogP contribution in [0.15, 0.2) is 12.3 Å². The summed E-state index contributed by atoms with van der Waals surface area (Å²) < 4.78 is 4.83. The van der Waals surface area contributed by atoms with Gasteiger partial charge in [0.2, 0.25) is 0 Å². The fourth-order valence-electron chi connectivity index (χ4n) is 2.92. The van der Waals surface area contributed by atoms with Crippen molar-refractivity contribution >= 4 is 71.1 Å². The van der Waals surface area contributed by atoms with Crippen molar-refractivity contribution in [3.8, 4) is 0 Å². The average molecular weight is 417 g/mol. The SMILES string of the molecule is CCCCCCCCCCCCCCCCC=COC(=O)CCC(=O)O.[NaH].[NaH]. The summed E-state index contributed by atoms with van der Waals surface area (Å²) in [4.78, 5) is 21.5. The molecule has 0 bridgehead atoms. The normalized spacial score (nSPS) is 10.3. The van der Waals surface area contributed by atoms with Crippen molar-refractivity contribution < 1.29 is 19.4 Å². The number of ether oxygens (including phenoxy) is 1. The summed E-state index contributed by atoms with van der Waals surface area (Å²) >= 11 is 0. The summed E-state index contributed by atoms with van der Waals surface area (Å²) in [6.45, 7) is 2.26. The molecule has 0 rings (SSSR count). The molecule has 0 saturated carbocycles. The Balaban J connectivity index is -0.00000312. The van der Waals surface area contributed by atoms with E-state index in [1.165, 1.54) is 89.7 Å². The van der Waals surface area contributed by atoms with Gasteiger partial charge in [0.15, 0.2) is 0 Å². The maximum absolute atomic E-state index is 11.2. The molecule has 0 aliphatic rings. The fourth-order valence-corrected chi connectivity index (χ4v) is 2.92. The minimum atomic E-state index is -0.978. The van der Waals surface area contributed by atoms with Crippen molar-refractivity contribution in [3.63, 3.8) is 0 Å². The summed E-state index contributed by atoms with van der Waals surface area (Å²) in [6, 6.07) is 0. The summed E-state index contributed by atoms with van der Waals surface area (Å²) in [5, 5.41) is 8.46. The van der Waals surface area contributed by atoms with Gasteiger partial charge in [0.05, 0.1) is 19.1 Å². The molecule has 0 spiro atoms. The van der Waals surface area contributed by atoms with Gasteiger partial charge >= 0.3 is 71.1 Å². The molecule has 0 aliphatic carbocycles. The number of carboxylic acid groups (broad SMARTS) is 1. The maximum atomic E-state index is 11.2. The molecular weight excluding hydrogens is 374 g/mol. The minimum absolute atomic E-state index is 0. The van der Waals surface area contributed by atoms with Crippen LogP contribution in [0, 0.1) is 0 Å². The molecule has 0 aromatic heterocycles. The van der Waals surface area contributed by atoms with Gasteiger partial charge in [-0.2, -0.15) is 0 Å². The third kappa shape index (κ3) is 28.9. The van der Waals surface area contributed by atoms with Crippen molar-refractivity contribution in [1.82, 2.24) is 0 Å². The third-order valence-corrected chi connectivity index (χ3v) is 4.56. The number of carbonyl (C=O) groups excluding carboxylic acids is 1. The van der Waals surface area contributed by atoms with E-state index >= 15 is 0 Å². The first kappa shape index (κ1) is 33.3. The first-order valence-electron chi connectivity index (χ1n) is 10.7. The van der Waals surface area contributed by atoms with Crippen LogP contribution in [0.4, 0.5) is 0 Å². The van der Waals surface area contributed by atoms with Crippen LogP contribution < -0.4 is 0 Å². The van der Waals surface area contributed by atoms with Crippen LogP contribution in [0.3, 0.4) is 0 Å². The molecule has 0 atom stereocenters. The van der Waals surface area contributed by atoms with E-state index < -0.39 is 11.9 Å². The molecule has 156 valence electrons. The molecule has 0 aromatic carbocycles. The number of allylic oxidation sites excluding steroid dienone is 1. The van der Waals surface area contributed by atoms with Gasteiger partial charge in [-0.3, -0.25) is 9.59 Å². The Labute approximate surface area is 217 Å². The van der Waals surface area contributed by atoms with Crippen molar-refractivity contribution in [1.29, 1.82) is 0 Å². The molecule has 0 unspecified atom stereocenters. The zero-order chi connectivity index (χ0) is 19.3. The number of carbonyl (C=O) groups is 2. The van der Waals surface area contributed by atoms with E-state index in [9.17, 15) is 9.59 Å². The third-order valence-electron chi connectivity index (χ3n) is 4.56. The van der Waals surface area contributed by atoms with Gasteiger partial charge in [0, 0.05) is 0 Å². The van der Waals surface area contributed by atoms with Gasteiger partial charge in [0.25, 0.3) is 0 Å². The summed E-state index contributed by atoms with van der Waals surface area (Å²) in [5.74, 6) is -1.46. The number of esters is 1. The van der Waals surface area contributed by atoms with E-state index in [0.29, 0.717) is 0 Å². The molecule has 0 radical (unpaired) electrons. The van der Waals surface area contributed by atoms with E-state index in [-0.39, 0.29) is 72.0 Å². The first-order valence-corrected chi connectivity index (χ1v) is 10.7. The summed E-state index contributed by atoms with van der Waals surface area (Å²) in [6.07, 6.45) is 22.8. The molecule has 6 heteroatoms. The Kier molecular flexibility index (Phi) is 32.9. The van der Waals surface area contributed by atoms with Gasteiger partial charge in [-0.1, -0.05) is 90.4 Å². The van der Waals surface area contributed by atoms with Crippen LogP contribution in [-0.2, 0) is 14.3 Å². The standard InChI is InChI=1S/C22H40O4.2Na.2H/c1-2-3-4-5-6-7-8-9-10-11-12-13-14-15-16-17-20-26-22(25)19-18-21(23)24;;;;/h17,20H,2-16,18-19H2,1H3,(H,23,24);;;;. The number of hydrogen-bond donors (Lipinski definition) is 1.